The molecular weight excluding hydrogens is 222 g/mol. The van der Waals surface area contributed by atoms with Crippen LogP contribution in [0.1, 0.15) is 33.1 Å². The fraction of sp³-hybridized carbons (Fsp3) is 0.909. The second-order valence-electron chi connectivity index (χ2n) is 4.38. The van der Waals surface area contributed by atoms with Gasteiger partial charge in [-0.3, -0.25) is 15.1 Å². The van der Waals surface area contributed by atoms with E-state index in [1.165, 1.54) is 12.3 Å². The average molecular weight is 245 g/mol. The van der Waals surface area contributed by atoms with E-state index in [9.17, 15) is 4.79 Å². The number of amides is 1. The van der Waals surface area contributed by atoms with Crippen LogP contribution in [0.5, 0.6) is 0 Å². The Labute approximate surface area is 102 Å². The van der Waals surface area contributed by atoms with Gasteiger partial charge in [-0.05, 0) is 26.3 Å². The number of nitrogens with zero attached hydrogens (tertiary/aromatic N) is 1. The van der Waals surface area contributed by atoms with E-state index in [2.05, 4.69) is 35.9 Å². The number of rotatable bonds is 5. The van der Waals surface area contributed by atoms with E-state index in [0.717, 1.165) is 24.6 Å². The van der Waals surface area contributed by atoms with Gasteiger partial charge in [-0.25, -0.2) is 5.84 Å². The first-order valence-corrected chi connectivity index (χ1v) is 7.05. The molecule has 1 aliphatic rings. The van der Waals surface area contributed by atoms with E-state index in [1.54, 1.807) is 0 Å². The summed E-state index contributed by atoms with van der Waals surface area (Å²) < 4.78 is 0. The Morgan fingerprint density at radius 1 is 1.50 bits per heavy atom. The highest BCUT2D eigenvalue weighted by Gasteiger charge is 2.24. The fourth-order valence-electron chi connectivity index (χ4n) is 1.98. The minimum Gasteiger partial charge on any atom is -0.299 e. The first-order valence-electron chi connectivity index (χ1n) is 6.00. The third-order valence-electron chi connectivity index (χ3n) is 3.27. The van der Waals surface area contributed by atoms with Crippen molar-refractivity contribution in [2.24, 2.45) is 5.84 Å². The third kappa shape index (κ3) is 4.31. The molecule has 2 unspecified atom stereocenters. The molecule has 4 nitrogen and oxygen atoms in total. The molecule has 2 atom stereocenters. The second kappa shape index (κ2) is 7.14. The van der Waals surface area contributed by atoms with Crippen LogP contribution in [-0.4, -0.2) is 40.9 Å². The van der Waals surface area contributed by atoms with Crippen LogP contribution in [0.4, 0.5) is 0 Å². The summed E-state index contributed by atoms with van der Waals surface area (Å²) >= 11 is 2.06. The minimum absolute atomic E-state index is 0.0596. The molecular formula is C11H23N3OS. The van der Waals surface area contributed by atoms with Crippen molar-refractivity contribution in [3.05, 3.63) is 0 Å². The molecule has 0 aromatic rings. The summed E-state index contributed by atoms with van der Waals surface area (Å²) in [6.07, 6.45) is 2.55. The van der Waals surface area contributed by atoms with Gasteiger partial charge in [0.1, 0.15) is 0 Å². The molecule has 3 N–H and O–H groups in total. The highest BCUT2D eigenvalue weighted by atomic mass is 32.2. The fourth-order valence-corrected chi connectivity index (χ4v) is 3.15. The largest absolute Gasteiger partial charge is 0.299 e. The van der Waals surface area contributed by atoms with Gasteiger partial charge < -0.3 is 0 Å². The average Bonchev–Trinajstić information content (AvgIpc) is 2.29. The number of carbonyl (C=O) groups excluding carboxylic acids is 1. The highest BCUT2D eigenvalue weighted by molar-refractivity contribution is 8.00. The summed E-state index contributed by atoms with van der Waals surface area (Å²) in [5, 5.41) is 0.723. The van der Waals surface area contributed by atoms with Crippen molar-refractivity contribution >= 4 is 17.7 Å². The molecule has 1 saturated heterocycles. The molecule has 0 aromatic carbocycles. The topological polar surface area (TPSA) is 58.4 Å². The molecule has 1 heterocycles. The van der Waals surface area contributed by atoms with Gasteiger partial charge in [0.2, 0.25) is 5.91 Å². The van der Waals surface area contributed by atoms with E-state index in [-0.39, 0.29) is 5.91 Å². The van der Waals surface area contributed by atoms with Crippen molar-refractivity contribution < 1.29 is 4.79 Å². The zero-order chi connectivity index (χ0) is 12.0. The molecule has 0 radical (unpaired) electrons. The maximum absolute atomic E-state index is 10.9. The minimum atomic E-state index is -0.0596. The standard InChI is InChI=1S/C11H23N3OS/c1-9-10(2)16-8-7-14(9)6-4-3-5-11(15)13-12/h9-10H,3-8,12H2,1-2H3,(H,13,15). The second-order valence-corrected chi connectivity index (χ2v) is 5.86. The monoisotopic (exact) mass is 245 g/mol. The quantitative estimate of drug-likeness (QED) is 0.328. The smallest absolute Gasteiger partial charge is 0.233 e. The molecule has 1 amide bonds. The number of hydrogen-bond acceptors (Lipinski definition) is 4. The van der Waals surface area contributed by atoms with E-state index in [1.807, 2.05) is 0 Å². The number of hydrogen-bond donors (Lipinski definition) is 2. The summed E-state index contributed by atoms with van der Waals surface area (Å²) in [6.45, 7) is 6.87. The zero-order valence-corrected chi connectivity index (χ0v) is 11.1. The molecule has 0 saturated carbocycles. The van der Waals surface area contributed by atoms with Gasteiger partial charge in [0, 0.05) is 30.0 Å². The predicted molar refractivity (Wildman–Crippen MR) is 69.1 cm³/mol. The molecule has 1 rings (SSSR count). The number of unbranched alkanes of at least 4 members (excludes halogenated alkanes) is 1. The van der Waals surface area contributed by atoms with Gasteiger partial charge in [-0.1, -0.05) is 6.92 Å². The maximum Gasteiger partial charge on any atom is 0.233 e. The van der Waals surface area contributed by atoms with Crippen LogP contribution in [0.25, 0.3) is 0 Å². The van der Waals surface area contributed by atoms with E-state index in [4.69, 9.17) is 5.84 Å². The number of nitrogens with two attached hydrogens (primary N) is 1. The summed E-state index contributed by atoms with van der Waals surface area (Å²) in [5.41, 5.74) is 2.16. The normalized spacial score (nSPS) is 26.7. The van der Waals surface area contributed by atoms with E-state index < -0.39 is 0 Å². The van der Waals surface area contributed by atoms with Crippen LogP contribution >= 0.6 is 11.8 Å². The zero-order valence-electron chi connectivity index (χ0n) is 10.2. The Balaban J connectivity index is 2.14. The first kappa shape index (κ1) is 13.8. The summed E-state index contributed by atoms with van der Waals surface area (Å²) in [7, 11) is 0. The van der Waals surface area contributed by atoms with Gasteiger partial charge in [-0.15, -0.1) is 0 Å². The number of nitrogens with one attached hydrogen (secondary N) is 1. The van der Waals surface area contributed by atoms with Crippen LogP contribution in [0, 0.1) is 0 Å². The summed E-state index contributed by atoms with van der Waals surface area (Å²) in [4.78, 5) is 13.5. The van der Waals surface area contributed by atoms with Crippen molar-refractivity contribution in [1.82, 2.24) is 10.3 Å². The van der Waals surface area contributed by atoms with Gasteiger partial charge in [0.15, 0.2) is 0 Å². The molecule has 16 heavy (non-hydrogen) atoms. The van der Waals surface area contributed by atoms with Crippen LogP contribution in [-0.2, 0) is 4.79 Å². The van der Waals surface area contributed by atoms with Crippen molar-refractivity contribution in [3.8, 4) is 0 Å². The van der Waals surface area contributed by atoms with Gasteiger partial charge in [0.25, 0.3) is 0 Å². The molecule has 1 aliphatic heterocycles. The molecule has 0 aliphatic carbocycles. The Hall–Kier alpha value is -0.260. The van der Waals surface area contributed by atoms with Crippen LogP contribution in [0.3, 0.4) is 0 Å². The lowest BCUT2D eigenvalue weighted by atomic mass is 10.1. The lowest BCUT2D eigenvalue weighted by molar-refractivity contribution is -0.121. The Morgan fingerprint density at radius 3 is 2.94 bits per heavy atom. The molecule has 0 bridgehead atoms. The van der Waals surface area contributed by atoms with E-state index in [0.29, 0.717) is 12.5 Å². The number of carbonyl (C=O) groups is 1. The Morgan fingerprint density at radius 2 is 2.25 bits per heavy atom. The first-order chi connectivity index (χ1) is 7.65. The Bertz CT molecular complexity index is 225. The SMILES string of the molecule is CC1SCCN(CCCCC(=O)NN)C1C. The molecule has 0 spiro atoms. The summed E-state index contributed by atoms with van der Waals surface area (Å²) in [5.74, 6) is 6.20. The highest BCUT2D eigenvalue weighted by Crippen LogP contribution is 2.24. The van der Waals surface area contributed by atoms with Crippen molar-refractivity contribution in [2.45, 2.75) is 44.4 Å². The molecule has 94 valence electrons. The van der Waals surface area contributed by atoms with Crippen molar-refractivity contribution in [2.75, 3.05) is 18.8 Å². The van der Waals surface area contributed by atoms with Crippen LogP contribution < -0.4 is 11.3 Å². The number of hydrazine groups is 1. The van der Waals surface area contributed by atoms with Crippen molar-refractivity contribution in [3.63, 3.8) is 0 Å². The van der Waals surface area contributed by atoms with Crippen LogP contribution in [0.2, 0.25) is 0 Å². The van der Waals surface area contributed by atoms with Crippen LogP contribution in [0.15, 0.2) is 0 Å². The molecule has 0 aromatic heterocycles. The molecule has 1 fully saturated rings. The lowest BCUT2D eigenvalue weighted by Gasteiger charge is -2.37. The lowest BCUT2D eigenvalue weighted by Crippen LogP contribution is -2.44. The van der Waals surface area contributed by atoms with E-state index >= 15 is 0 Å². The van der Waals surface area contributed by atoms with Gasteiger partial charge in [0.05, 0.1) is 0 Å². The molecule has 5 heteroatoms. The third-order valence-corrected chi connectivity index (χ3v) is 4.61. The van der Waals surface area contributed by atoms with Gasteiger partial charge >= 0.3 is 0 Å². The summed E-state index contributed by atoms with van der Waals surface area (Å²) in [6, 6.07) is 0.655. The maximum atomic E-state index is 10.9. The number of thioether (sulfide) groups is 1. The predicted octanol–water partition coefficient (Wildman–Crippen LogP) is 0.972. The van der Waals surface area contributed by atoms with Crippen molar-refractivity contribution in [1.29, 1.82) is 0 Å². The Kier molecular flexibility index (Phi) is 6.16. The van der Waals surface area contributed by atoms with Gasteiger partial charge in [-0.2, -0.15) is 11.8 Å².